The van der Waals surface area contributed by atoms with E-state index in [4.69, 9.17) is 4.99 Å². The van der Waals surface area contributed by atoms with Gasteiger partial charge in [0.1, 0.15) is 12.0 Å². The second kappa shape index (κ2) is 7.77. The van der Waals surface area contributed by atoms with E-state index in [1.807, 2.05) is 7.05 Å². The molecule has 0 bridgehead atoms. The van der Waals surface area contributed by atoms with Crippen LogP contribution in [0.25, 0.3) is 0 Å². The van der Waals surface area contributed by atoms with Gasteiger partial charge in [0.2, 0.25) is 5.91 Å². The number of amidine groups is 1. The van der Waals surface area contributed by atoms with Crippen LogP contribution in [0.2, 0.25) is 0 Å². The molecule has 4 nitrogen and oxygen atoms in total. The Morgan fingerprint density at radius 2 is 2.04 bits per heavy atom. The van der Waals surface area contributed by atoms with Gasteiger partial charge in [-0.1, -0.05) is 37.1 Å². The van der Waals surface area contributed by atoms with Gasteiger partial charge in [-0.25, -0.2) is 4.39 Å². The van der Waals surface area contributed by atoms with Gasteiger partial charge in [0.15, 0.2) is 5.17 Å². The SMILES string of the molecule is CC(=O)N(c1cccc(F)c1)C1C(C)SC(=NC2CCCCC2)N1C. The van der Waals surface area contributed by atoms with Crippen LogP contribution in [0.4, 0.5) is 10.1 Å². The van der Waals surface area contributed by atoms with Gasteiger partial charge in [0, 0.05) is 24.9 Å². The van der Waals surface area contributed by atoms with Crippen LogP contribution in [0.15, 0.2) is 29.3 Å². The minimum atomic E-state index is -0.333. The number of nitrogens with zero attached hydrogens (tertiary/aromatic N) is 3. The van der Waals surface area contributed by atoms with Crippen LogP contribution < -0.4 is 4.90 Å². The lowest BCUT2D eigenvalue weighted by Gasteiger charge is -2.35. The molecular weight excluding hydrogens is 337 g/mol. The zero-order valence-corrected chi connectivity index (χ0v) is 15.9. The molecule has 2 atom stereocenters. The van der Waals surface area contributed by atoms with Crippen LogP contribution in [0.5, 0.6) is 0 Å². The summed E-state index contributed by atoms with van der Waals surface area (Å²) in [6, 6.07) is 6.64. The maximum atomic E-state index is 13.7. The second-order valence-electron chi connectivity index (χ2n) is 6.92. The second-order valence-corrected chi connectivity index (χ2v) is 8.26. The lowest BCUT2D eigenvalue weighted by molar-refractivity contribution is -0.117. The number of amides is 1. The predicted molar refractivity (Wildman–Crippen MR) is 102 cm³/mol. The third-order valence-electron chi connectivity index (χ3n) is 4.97. The smallest absolute Gasteiger partial charge is 0.225 e. The number of rotatable bonds is 3. The normalized spacial score (nSPS) is 26.2. The molecule has 3 rings (SSSR count). The Morgan fingerprint density at radius 3 is 2.68 bits per heavy atom. The Hall–Kier alpha value is -1.56. The molecule has 136 valence electrons. The molecule has 0 spiro atoms. The van der Waals surface area contributed by atoms with Crippen molar-refractivity contribution in [3.8, 4) is 0 Å². The number of halogens is 1. The molecule has 1 heterocycles. The number of thioether (sulfide) groups is 1. The van der Waals surface area contributed by atoms with E-state index in [1.165, 1.54) is 38.3 Å². The molecule has 1 saturated carbocycles. The van der Waals surface area contributed by atoms with E-state index in [2.05, 4.69) is 11.8 Å². The Morgan fingerprint density at radius 1 is 1.32 bits per heavy atom. The monoisotopic (exact) mass is 363 g/mol. The van der Waals surface area contributed by atoms with Gasteiger partial charge in [0.05, 0.1) is 6.04 Å². The lowest BCUT2D eigenvalue weighted by Crippen LogP contribution is -2.50. The van der Waals surface area contributed by atoms with Crippen LogP contribution in [0, 0.1) is 5.82 Å². The van der Waals surface area contributed by atoms with Crippen molar-refractivity contribution in [2.45, 2.75) is 63.4 Å². The van der Waals surface area contributed by atoms with Crippen LogP contribution in [0.1, 0.15) is 46.0 Å². The van der Waals surface area contributed by atoms with E-state index >= 15 is 0 Å². The summed E-state index contributed by atoms with van der Waals surface area (Å²) >= 11 is 1.71. The average Bonchev–Trinajstić information content (AvgIpc) is 2.84. The average molecular weight is 364 g/mol. The fraction of sp³-hybridized carbons (Fsp3) is 0.579. The Labute approximate surface area is 153 Å². The van der Waals surface area contributed by atoms with Crippen LogP contribution in [-0.2, 0) is 4.79 Å². The van der Waals surface area contributed by atoms with Crippen molar-refractivity contribution >= 4 is 28.5 Å². The summed E-state index contributed by atoms with van der Waals surface area (Å²) in [5, 5.41) is 1.16. The minimum Gasteiger partial charge on any atom is -0.333 e. The van der Waals surface area contributed by atoms with Crippen molar-refractivity contribution in [3.05, 3.63) is 30.1 Å². The molecular formula is C19H26FN3OS. The zero-order chi connectivity index (χ0) is 18.0. The quantitative estimate of drug-likeness (QED) is 0.805. The number of anilines is 1. The third-order valence-corrected chi connectivity index (χ3v) is 6.19. The van der Waals surface area contributed by atoms with Gasteiger partial charge >= 0.3 is 0 Å². The molecule has 6 heteroatoms. The molecule has 0 N–H and O–H groups in total. The van der Waals surface area contributed by atoms with Crippen molar-refractivity contribution in [1.82, 2.24) is 4.90 Å². The first-order chi connectivity index (χ1) is 12.0. The summed E-state index contributed by atoms with van der Waals surface area (Å²) in [7, 11) is 1.98. The summed E-state index contributed by atoms with van der Waals surface area (Å²) < 4.78 is 13.7. The molecule has 1 saturated heterocycles. The Bertz CT molecular complexity index is 660. The first-order valence-corrected chi connectivity index (χ1v) is 9.88. The summed E-state index contributed by atoms with van der Waals surface area (Å²) in [5.41, 5.74) is 0.593. The Balaban J connectivity index is 1.86. The topological polar surface area (TPSA) is 35.9 Å². The third kappa shape index (κ3) is 4.00. The van der Waals surface area contributed by atoms with E-state index in [0.29, 0.717) is 11.7 Å². The molecule has 2 fully saturated rings. The molecule has 1 amide bonds. The minimum absolute atomic E-state index is 0.0891. The molecule has 25 heavy (non-hydrogen) atoms. The molecule has 1 aromatic rings. The first-order valence-electron chi connectivity index (χ1n) is 9.00. The summed E-state index contributed by atoms with van der Waals surface area (Å²) in [4.78, 5) is 21.1. The molecule has 2 aliphatic rings. The lowest BCUT2D eigenvalue weighted by atomic mass is 9.96. The highest BCUT2D eigenvalue weighted by molar-refractivity contribution is 8.14. The summed E-state index contributed by atoms with van der Waals surface area (Å²) in [6.07, 6.45) is 5.94. The van der Waals surface area contributed by atoms with Crippen LogP contribution >= 0.6 is 11.8 Å². The molecule has 0 radical (unpaired) electrons. The number of aliphatic imine (C=N–C) groups is 1. The highest BCUT2D eigenvalue weighted by Crippen LogP contribution is 2.36. The van der Waals surface area contributed by atoms with E-state index < -0.39 is 0 Å². The largest absolute Gasteiger partial charge is 0.333 e. The first kappa shape index (κ1) is 18.2. The number of hydrogen-bond donors (Lipinski definition) is 0. The van der Waals surface area contributed by atoms with Gasteiger partial charge in [-0.15, -0.1) is 0 Å². The van der Waals surface area contributed by atoms with Gasteiger partial charge in [-0.3, -0.25) is 14.7 Å². The van der Waals surface area contributed by atoms with Crippen molar-refractivity contribution in [1.29, 1.82) is 0 Å². The molecule has 2 unspecified atom stereocenters. The van der Waals surface area contributed by atoms with Crippen molar-refractivity contribution in [3.63, 3.8) is 0 Å². The van der Waals surface area contributed by atoms with Crippen LogP contribution in [-0.4, -0.2) is 40.5 Å². The standard InChI is InChI=1S/C19H26FN3OS/c1-13-18(23(14(2)24)17-11-7-8-15(20)12-17)22(3)19(25-13)21-16-9-5-4-6-10-16/h7-8,11-13,16,18H,4-6,9-10H2,1-3H3. The molecule has 0 aromatic heterocycles. The number of carbonyl (C=O) groups excluding carboxylic acids is 1. The van der Waals surface area contributed by atoms with Gasteiger partial charge in [0.25, 0.3) is 0 Å². The van der Waals surface area contributed by atoms with Gasteiger partial charge in [-0.05, 0) is 38.0 Å². The highest BCUT2D eigenvalue weighted by atomic mass is 32.2. The van der Waals surface area contributed by atoms with E-state index in [9.17, 15) is 9.18 Å². The summed E-state index contributed by atoms with van der Waals surface area (Å²) in [6.45, 7) is 3.64. The highest BCUT2D eigenvalue weighted by Gasteiger charge is 2.40. The maximum Gasteiger partial charge on any atom is 0.225 e. The zero-order valence-electron chi connectivity index (χ0n) is 15.1. The predicted octanol–water partition coefficient (Wildman–Crippen LogP) is 4.26. The van der Waals surface area contributed by atoms with E-state index in [-0.39, 0.29) is 23.1 Å². The summed E-state index contributed by atoms with van der Waals surface area (Å²) in [5.74, 6) is -0.422. The Kier molecular flexibility index (Phi) is 5.67. The van der Waals surface area contributed by atoms with Crippen LogP contribution in [0.3, 0.4) is 0 Å². The van der Waals surface area contributed by atoms with Crippen molar-refractivity contribution < 1.29 is 9.18 Å². The molecule has 1 aliphatic carbocycles. The maximum absolute atomic E-state index is 13.7. The molecule has 1 aromatic carbocycles. The number of carbonyl (C=O) groups is 1. The van der Waals surface area contributed by atoms with E-state index in [1.54, 1.807) is 28.8 Å². The van der Waals surface area contributed by atoms with Gasteiger partial charge < -0.3 is 4.90 Å². The van der Waals surface area contributed by atoms with Gasteiger partial charge in [-0.2, -0.15) is 0 Å². The molecule has 1 aliphatic heterocycles. The number of hydrogen-bond acceptors (Lipinski definition) is 3. The number of benzene rings is 1. The fourth-order valence-corrected chi connectivity index (χ4v) is 5.00. The van der Waals surface area contributed by atoms with Crippen molar-refractivity contribution in [2.24, 2.45) is 4.99 Å². The fourth-order valence-electron chi connectivity index (χ4n) is 3.76. The van der Waals surface area contributed by atoms with Crippen molar-refractivity contribution in [2.75, 3.05) is 11.9 Å². The van der Waals surface area contributed by atoms with E-state index in [0.717, 1.165) is 18.0 Å².